The number of nitrogens with two attached hydrogens (primary N) is 1. The Balaban J connectivity index is 4.36. The summed E-state index contributed by atoms with van der Waals surface area (Å²) >= 11 is 0. The van der Waals surface area contributed by atoms with Gasteiger partial charge in [-0.1, -0.05) is 154 Å². The first-order chi connectivity index (χ1) is 20.9. The van der Waals surface area contributed by atoms with E-state index in [1.807, 2.05) is 6.08 Å². The molecular weight excluding hydrogens is 563 g/mol. The van der Waals surface area contributed by atoms with E-state index in [-0.39, 0.29) is 25.7 Å². The number of nitrogens with one attached hydrogen (secondary N) is 1. The fraction of sp³-hybridized carbons (Fsp3) is 0.912. The van der Waals surface area contributed by atoms with Crippen molar-refractivity contribution in [1.82, 2.24) is 5.32 Å². The highest BCUT2D eigenvalue weighted by Crippen LogP contribution is 2.43. The van der Waals surface area contributed by atoms with Gasteiger partial charge in [0, 0.05) is 13.0 Å². The molecule has 43 heavy (non-hydrogen) atoms. The topological polar surface area (TPSA) is 131 Å². The number of rotatable bonds is 33. The summed E-state index contributed by atoms with van der Waals surface area (Å²) in [5.74, 6) is -0.196. The van der Waals surface area contributed by atoms with Crippen molar-refractivity contribution in [3.8, 4) is 0 Å². The lowest BCUT2D eigenvalue weighted by atomic mass is 10.0. The Morgan fingerprint density at radius 3 is 1.65 bits per heavy atom. The Labute approximate surface area is 265 Å². The molecular formula is C34H69N2O6P. The van der Waals surface area contributed by atoms with Crippen LogP contribution in [0.15, 0.2) is 12.2 Å². The van der Waals surface area contributed by atoms with Crippen molar-refractivity contribution < 1.29 is 28.4 Å². The molecule has 5 N–H and O–H groups in total. The van der Waals surface area contributed by atoms with Crippen LogP contribution in [0.4, 0.5) is 0 Å². The number of carbonyl (C=O) groups is 1. The predicted octanol–water partition coefficient (Wildman–Crippen LogP) is 8.88. The van der Waals surface area contributed by atoms with Crippen molar-refractivity contribution in [2.24, 2.45) is 5.73 Å². The predicted molar refractivity (Wildman–Crippen MR) is 180 cm³/mol. The molecule has 0 fully saturated rings. The van der Waals surface area contributed by atoms with Crippen LogP contribution in [0.1, 0.15) is 168 Å². The lowest BCUT2D eigenvalue weighted by Gasteiger charge is -2.23. The number of hydrogen-bond donors (Lipinski definition) is 4. The second kappa shape index (κ2) is 31.2. The molecule has 3 atom stereocenters. The first kappa shape index (κ1) is 42.2. The highest BCUT2D eigenvalue weighted by molar-refractivity contribution is 7.47. The van der Waals surface area contributed by atoms with Gasteiger partial charge in [-0.3, -0.25) is 13.8 Å². The average molecular weight is 633 g/mol. The molecule has 0 saturated carbocycles. The summed E-state index contributed by atoms with van der Waals surface area (Å²) in [5.41, 5.74) is 5.34. The summed E-state index contributed by atoms with van der Waals surface area (Å²) in [7, 11) is -4.32. The molecule has 0 saturated heterocycles. The number of aliphatic hydroxyl groups is 1. The third kappa shape index (κ3) is 29.7. The summed E-state index contributed by atoms with van der Waals surface area (Å²) < 4.78 is 22.0. The van der Waals surface area contributed by atoms with E-state index in [0.717, 1.165) is 38.5 Å². The molecule has 1 amide bonds. The van der Waals surface area contributed by atoms with E-state index in [9.17, 15) is 19.4 Å². The van der Waals surface area contributed by atoms with Crippen molar-refractivity contribution in [2.45, 2.75) is 180 Å². The van der Waals surface area contributed by atoms with E-state index in [2.05, 4.69) is 19.2 Å². The van der Waals surface area contributed by atoms with Crippen LogP contribution in [0.2, 0.25) is 0 Å². The molecule has 0 aliphatic carbocycles. The first-order valence-electron chi connectivity index (χ1n) is 17.8. The zero-order valence-electron chi connectivity index (χ0n) is 28.0. The van der Waals surface area contributed by atoms with Crippen molar-refractivity contribution in [3.63, 3.8) is 0 Å². The summed E-state index contributed by atoms with van der Waals surface area (Å²) in [4.78, 5) is 22.5. The maximum Gasteiger partial charge on any atom is 0.472 e. The van der Waals surface area contributed by atoms with E-state index in [1.54, 1.807) is 6.08 Å². The summed E-state index contributed by atoms with van der Waals surface area (Å²) in [5, 5.41) is 13.6. The van der Waals surface area contributed by atoms with Gasteiger partial charge in [0.1, 0.15) is 0 Å². The maximum absolute atomic E-state index is 12.6. The van der Waals surface area contributed by atoms with E-state index >= 15 is 0 Å². The molecule has 0 bridgehead atoms. The molecule has 0 aliphatic rings. The van der Waals surface area contributed by atoms with E-state index in [4.69, 9.17) is 14.8 Å². The fourth-order valence-electron chi connectivity index (χ4n) is 5.13. The number of allylic oxidation sites excluding steroid dienone is 1. The minimum absolute atomic E-state index is 0.0808. The average Bonchev–Trinajstić information content (AvgIpc) is 2.99. The van der Waals surface area contributed by atoms with Gasteiger partial charge in [0.25, 0.3) is 0 Å². The number of phosphoric ester groups is 1. The normalized spacial score (nSPS) is 14.6. The van der Waals surface area contributed by atoms with E-state index < -0.39 is 20.0 Å². The largest absolute Gasteiger partial charge is 0.472 e. The SMILES string of the molecule is CCCCCCCCCCCC/C=C/[C@@H](O)[C@H](COP(=O)(O)OCCN)NC(=O)CCCCCCCCCCCCCC. The number of hydrogen-bond acceptors (Lipinski definition) is 6. The smallest absolute Gasteiger partial charge is 0.387 e. The second-order valence-corrected chi connectivity index (χ2v) is 13.5. The number of unbranched alkanes of at least 4 members (excludes halogenated alkanes) is 21. The zero-order chi connectivity index (χ0) is 31.9. The first-order valence-corrected chi connectivity index (χ1v) is 19.3. The molecule has 9 heteroatoms. The van der Waals surface area contributed by atoms with Gasteiger partial charge in [0.05, 0.1) is 25.4 Å². The van der Waals surface area contributed by atoms with Crippen LogP contribution in [0, 0.1) is 0 Å². The molecule has 0 aromatic heterocycles. The zero-order valence-corrected chi connectivity index (χ0v) is 28.8. The van der Waals surface area contributed by atoms with Crippen molar-refractivity contribution in [3.05, 3.63) is 12.2 Å². The van der Waals surface area contributed by atoms with Gasteiger partial charge >= 0.3 is 7.82 Å². The second-order valence-electron chi connectivity index (χ2n) is 12.1. The van der Waals surface area contributed by atoms with Gasteiger partial charge in [-0.2, -0.15) is 0 Å². The monoisotopic (exact) mass is 632 g/mol. The lowest BCUT2D eigenvalue weighted by molar-refractivity contribution is -0.123. The molecule has 256 valence electrons. The molecule has 0 aromatic rings. The molecule has 0 rings (SSSR count). The quantitative estimate of drug-likeness (QED) is 0.0323. The van der Waals surface area contributed by atoms with Gasteiger partial charge in [-0.05, 0) is 19.3 Å². The van der Waals surface area contributed by atoms with Gasteiger partial charge in [-0.25, -0.2) is 4.57 Å². The Hall–Kier alpha value is -0.760. The molecule has 0 aliphatic heterocycles. The van der Waals surface area contributed by atoms with Crippen molar-refractivity contribution >= 4 is 13.7 Å². The molecule has 1 unspecified atom stereocenters. The highest BCUT2D eigenvalue weighted by Gasteiger charge is 2.26. The number of amides is 1. The molecule has 0 heterocycles. The third-order valence-corrected chi connectivity index (χ3v) is 8.85. The highest BCUT2D eigenvalue weighted by atomic mass is 31.2. The van der Waals surface area contributed by atoms with Crippen LogP contribution >= 0.6 is 7.82 Å². The summed E-state index contributed by atoms with van der Waals surface area (Å²) in [6, 6.07) is -0.851. The van der Waals surface area contributed by atoms with Crippen LogP contribution in [-0.4, -0.2) is 47.8 Å². The van der Waals surface area contributed by atoms with Crippen LogP contribution in [0.5, 0.6) is 0 Å². The number of carbonyl (C=O) groups excluding carboxylic acids is 1. The number of aliphatic hydroxyl groups excluding tert-OH is 1. The van der Waals surface area contributed by atoms with E-state index in [1.165, 1.54) is 109 Å². The van der Waals surface area contributed by atoms with Crippen molar-refractivity contribution in [2.75, 3.05) is 19.8 Å². The van der Waals surface area contributed by atoms with Gasteiger partial charge in [0.15, 0.2) is 0 Å². The lowest BCUT2D eigenvalue weighted by Crippen LogP contribution is -2.45. The maximum atomic E-state index is 12.6. The summed E-state index contributed by atoms with van der Waals surface area (Å²) in [6.45, 7) is 4.11. The minimum Gasteiger partial charge on any atom is -0.387 e. The Morgan fingerprint density at radius 1 is 0.744 bits per heavy atom. The van der Waals surface area contributed by atoms with Crippen LogP contribution in [0.3, 0.4) is 0 Å². The molecule has 0 aromatic carbocycles. The molecule has 0 radical (unpaired) electrons. The number of phosphoric acid groups is 1. The molecule has 8 nitrogen and oxygen atoms in total. The summed E-state index contributed by atoms with van der Waals surface area (Å²) in [6.07, 6.45) is 31.0. The van der Waals surface area contributed by atoms with Gasteiger partial charge in [-0.15, -0.1) is 0 Å². The van der Waals surface area contributed by atoms with Crippen LogP contribution in [0.25, 0.3) is 0 Å². The standard InChI is InChI=1S/C34H69N2O6P/c1-3-5-7-9-11-13-15-17-19-21-23-25-27-33(37)32(31-42-43(39,40)41-30-29-35)36-34(38)28-26-24-22-20-18-16-14-12-10-8-6-4-2/h25,27,32-33,37H,3-24,26,28-31,35H2,1-2H3,(H,36,38)(H,39,40)/b27-25+/t32-,33+/m0/s1. The molecule has 0 spiro atoms. The van der Waals surface area contributed by atoms with Gasteiger partial charge in [0.2, 0.25) is 5.91 Å². The van der Waals surface area contributed by atoms with E-state index in [0.29, 0.717) is 6.42 Å². The fourth-order valence-corrected chi connectivity index (χ4v) is 5.89. The Bertz CT molecular complexity index is 694. The minimum atomic E-state index is -4.32. The van der Waals surface area contributed by atoms with Crippen LogP contribution < -0.4 is 11.1 Å². The van der Waals surface area contributed by atoms with Gasteiger partial charge < -0.3 is 21.1 Å². The third-order valence-electron chi connectivity index (χ3n) is 7.86. The van der Waals surface area contributed by atoms with Crippen LogP contribution in [-0.2, 0) is 18.4 Å². The van der Waals surface area contributed by atoms with Crippen molar-refractivity contribution in [1.29, 1.82) is 0 Å². The Kier molecular flexibility index (Phi) is 30.7. The Morgan fingerprint density at radius 2 is 1.19 bits per heavy atom.